The van der Waals surface area contributed by atoms with Gasteiger partial charge in [0.1, 0.15) is 12.2 Å². The van der Waals surface area contributed by atoms with Crippen molar-refractivity contribution in [2.24, 2.45) is 0 Å². The van der Waals surface area contributed by atoms with Crippen LogP contribution in [0.4, 0.5) is 8.78 Å². The van der Waals surface area contributed by atoms with Crippen LogP contribution in [-0.4, -0.2) is 35.1 Å². The fourth-order valence-electron chi connectivity index (χ4n) is 1.27. The van der Waals surface area contributed by atoms with E-state index in [-0.39, 0.29) is 5.56 Å². The van der Waals surface area contributed by atoms with E-state index in [1.165, 1.54) is 0 Å². The van der Waals surface area contributed by atoms with Crippen LogP contribution in [0.15, 0.2) is 12.1 Å². The van der Waals surface area contributed by atoms with Gasteiger partial charge in [-0.25, -0.2) is 8.78 Å². The van der Waals surface area contributed by atoms with Crippen LogP contribution in [0.3, 0.4) is 0 Å². The number of rotatable bonds is 4. The van der Waals surface area contributed by atoms with Crippen LogP contribution in [0.1, 0.15) is 11.7 Å². The predicted molar refractivity (Wildman–Crippen MR) is 51.0 cm³/mol. The average molecular weight is 234 g/mol. The molecule has 0 radical (unpaired) electrons. The normalized spacial score (nSPS) is 14.6. The third-order valence-corrected chi connectivity index (χ3v) is 2.12. The summed E-state index contributed by atoms with van der Waals surface area (Å²) in [4.78, 5) is 0. The number of hydrogen-bond donors (Lipinski definition) is 3. The molecule has 1 aromatic carbocycles. The minimum Gasteiger partial charge on any atom is -0.491 e. The molecule has 4 nitrogen and oxygen atoms in total. The molecule has 0 fully saturated rings. The molecule has 16 heavy (non-hydrogen) atoms. The van der Waals surface area contributed by atoms with Crippen molar-refractivity contribution in [3.8, 4) is 5.75 Å². The molecule has 1 aromatic rings. The van der Waals surface area contributed by atoms with Gasteiger partial charge in [0, 0.05) is 0 Å². The molecule has 0 bridgehead atoms. The van der Waals surface area contributed by atoms with E-state index in [2.05, 4.69) is 4.74 Å². The van der Waals surface area contributed by atoms with Crippen molar-refractivity contribution in [2.45, 2.75) is 12.2 Å². The average Bonchev–Trinajstić information content (AvgIpc) is 2.26. The fraction of sp³-hybridized carbons (Fsp3) is 0.400. The Bertz CT molecular complexity index is 347. The smallest absolute Gasteiger partial charge is 0.190 e. The van der Waals surface area contributed by atoms with Crippen molar-refractivity contribution in [1.82, 2.24) is 0 Å². The molecule has 0 aliphatic carbocycles. The molecule has 0 amide bonds. The maximum absolute atomic E-state index is 13.2. The maximum atomic E-state index is 13.2. The molecule has 90 valence electrons. The van der Waals surface area contributed by atoms with Gasteiger partial charge in [-0.05, 0) is 17.7 Å². The summed E-state index contributed by atoms with van der Waals surface area (Å²) in [6.07, 6.45) is -3.05. The SMILES string of the molecule is COc1c(F)cc(C(O)C(O)CO)cc1F. The molecule has 3 N–H and O–H groups in total. The molecule has 0 spiro atoms. The van der Waals surface area contributed by atoms with Crippen LogP contribution >= 0.6 is 0 Å². The third kappa shape index (κ3) is 2.46. The first-order valence-corrected chi connectivity index (χ1v) is 4.51. The van der Waals surface area contributed by atoms with Gasteiger partial charge in [-0.1, -0.05) is 0 Å². The van der Waals surface area contributed by atoms with Crippen LogP contribution in [0.2, 0.25) is 0 Å². The van der Waals surface area contributed by atoms with Gasteiger partial charge in [0.15, 0.2) is 17.4 Å². The minimum absolute atomic E-state index is 0.169. The summed E-state index contributed by atoms with van der Waals surface area (Å²) in [6.45, 7) is -0.712. The number of hydrogen-bond acceptors (Lipinski definition) is 4. The molecule has 0 saturated heterocycles. The monoisotopic (exact) mass is 234 g/mol. The van der Waals surface area contributed by atoms with Gasteiger partial charge in [-0.15, -0.1) is 0 Å². The number of halogens is 2. The highest BCUT2D eigenvalue weighted by Gasteiger charge is 2.21. The van der Waals surface area contributed by atoms with E-state index >= 15 is 0 Å². The van der Waals surface area contributed by atoms with E-state index in [1.54, 1.807) is 0 Å². The van der Waals surface area contributed by atoms with E-state index in [0.717, 1.165) is 19.2 Å². The van der Waals surface area contributed by atoms with Gasteiger partial charge < -0.3 is 20.1 Å². The molecule has 0 aromatic heterocycles. The van der Waals surface area contributed by atoms with E-state index in [1.807, 2.05) is 0 Å². The van der Waals surface area contributed by atoms with Crippen LogP contribution < -0.4 is 4.74 Å². The summed E-state index contributed by atoms with van der Waals surface area (Å²) < 4.78 is 30.9. The molecule has 2 atom stereocenters. The van der Waals surface area contributed by atoms with Crippen molar-refractivity contribution in [3.05, 3.63) is 29.3 Å². The summed E-state index contributed by atoms with van der Waals surface area (Å²) in [5, 5.41) is 27.1. The molecule has 1 rings (SSSR count). The Balaban J connectivity index is 3.08. The molecule has 2 unspecified atom stereocenters. The highest BCUT2D eigenvalue weighted by molar-refractivity contribution is 5.32. The number of benzene rings is 1. The Hall–Kier alpha value is -1.24. The van der Waals surface area contributed by atoms with Gasteiger partial charge in [-0.3, -0.25) is 0 Å². The number of aliphatic hydroxyl groups excluding tert-OH is 3. The molecule has 0 aliphatic rings. The fourth-order valence-corrected chi connectivity index (χ4v) is 1.27. The lowest BCUT2D eigenvalue weighted by molar-refractivity contribution is -0.0155. The zero-order valence-corrected chi connectivity index (χ0v) is 8.52. The van der Waals surface area contributed by atoms with Gasteiger partial charge in [0.2, 0.25) is 0 Å². The molecule has 0 saturated carbocycles. The van der Waals surface area contributed by atoms with Gasteiger partial charge in [0.05, 0.1) is 13.7 Å². The Morgan fingerprint density at radius 1 is 1.25 bits per heavy atom. The second-order valence-electron chi connectivity index (χ2n) is 3.21. The lowest BCUT2D eigenvalue weighted by atomic mass is 10.0. The first kappa shape index (κ1) is 12.8. The van der Waals surface area contributed by atoms with Crippen molar-refractivity contribution in [1.29, 1.82) is 0 Å². The Labute approximate surface area is 90.7 Å². The standard InChI is InChI=1S/C10H12F2O4/c1-16-10-6(11)2-5(3-7(10)12)9(15)8(14)4-13/h2-3,8-9,13-15H,4H2,1H3. The van der Waals surface area contributed by atoms with E-state index in [0.29, 0.717) is 0 Å². The second kappa shape index (κ2) is 5.20. The predicted octanol–water partition coefficient (Wildman–Crippen LogP) is 0.360. The first-order valence-electron chi connectivity index (χ1n) is 4.51. The van der Waals surface area contributed by atoms with Crippen molar-refractivity contribution in [2.75, 3.05) is 13.7 Å². The first-order chi connectivity index (χ1) is 7.51. The molecule has 0 aliphatic heterocycles. The van der Waals surface area contributed by atoms with E-state index < -0.39 is 36.2 Å². The Morgan fingerprint density at radius 2 is 1.75 bits per heavy atom. The van der Waals surface area contributed by atoms with Crippen LogP contribution in [0, 0.1) is 11.6 Å². The topological polar surface area (TPSA) is 69.9 Å². The van der Waals surface area contributed by atoms with Crippen LogP contribution in [0.25, 0.3) is 0 Å². The van der Waals surface area contributed by atoms with Crippen molar-refractivity contribution >= 4 is 0 Å². The van der Waals surface area contributed by atoms with Crippen LogP contribution in [-0.2, 0) is 0 Å². The third-order valence-electron chi connectivity index (χ3n) is 2.12. The molecule has 6 heteroatoms. The number of aliphatic hydroxyl groups is 3. The molecular formula is C10H12F2O4. The lowest BCUT2D eigenvalue weighted by Gasteiger charge is -2.16. The Kier molecular flexibility index (Phi) is 4.17. The summed E-state index contributed by atoms with van der Waals surface area (Å²) in [7, 11) is 1.11. The van der Waals surface area contributed by atoms with Gasteiger partial charge in [0.25, 0.3) is 0 Å². The number of methoxy groups -OCH3 is 1. The van der Waals surface area contributed by atoms with Crippen LogP contribution in [0.5, 0.6) is 5.75 Å². The van der Waals surface area contributed by atoms with Gasteiger partial charge >= 0.3 is 0 Å². The highest BCUT2D eigenvalue weighted by atomic mass is 19.1. The number of ether oxygens (including phenoxy) is 1. The lowest BCUT2D eigenvalue weighted by Crippen LogP contribution is -2.22. The maximum Gasteiger partial charge on any atom is 0.190 e. The molecule has 0 heterocycles. The summed E-state index contributed by atoms with van der Waals surface area (Å²) in [6, 6.07) is 1.68. The quantitative estimate of drug-likeness (QED) is 0.703. The van der Waals surface area contributed by atoms with Crippen molar-refractivity contribution in [3.63, 3.8) is 0 Å². The van der Waals surface area contributed by atoms with Gasteiger partial charge in [-0.2, -0.15) is 0 Å². The molecular weight excluding hydrogens is 222 g/mol. The summed E-state index contributed by atoms with van der Waals surface area (Å²) >= 11 is 0. The second-order valence-corrected chi connectivity index (χ2v) is 3.21. The van der Waals surface area contributed by atoms with Crippen molar-refractivity contribution < 1.29 is 28.8 Å². The summed E-state index contributed by atoms with van der Waals surface area (Å²) in [5.74, 6) is -2.53. The van der Waals surface area contributed by atoms with E-state index in [9.17, 15) is 13.9 Å². The zero-order valence-electron chi connectivity index (χ0n) is 8.52. The minimum atomic E-state index is -1.56. The Morgan fingerprint density at radius 3 is 2.12 bits per heavy atom. The highest BCUT2D eigenvalue weighted by Crippen LogP contribution is 2.27. The summed E-state index contributed by atoms with van der Waals surface area (Å²) in [5.41, 5.74) is -0.169. The zero-order chi connectivity index (χ0) is 12.3. The largest absolute Gasteiger partial charge is 0.491 e. The van der Waals surface area contributed by atoms with E-state index in [4.69, 9.17) is 10.2 Å².